The maximum Gasteiger partial charge on any atom is 0.0583 e. The number of nitrogens with zero attached hydrogens (tertiary/aromatic N) is 1. The summed E-state index contributed by atoms with van der Waals surface area (Å²) >= 11 is 0. The van der Waals surface area contributed by atoms with Crippen LogP contribution in [0.2, 0.25) is 0 Å². The Labute approximate surface area is 86.4 Å². The molecule has 78 valence electrons. The summed E-state index contributed by atoms with van der Waals surface area (Å²) in [6, 6.07) is 0.690. The molecule has 1 N–H and O–H groups in total. The largest absolute Gasteiger partial charge is 0.312 e. The third kappa shape index (κ3) is 0.934. The van der Waals surface area contributed by atoms with Crippen LogP contribution < -0.4 is 5.32 Å². The van der Waals surface area contributed by atoms with E-state index in [0.717, 1.165) is 5.92 Å². The van der Waals surface area contributed by atoms with E-state index in [0.29, 0.717) is 11.6 Å². The van der Waals surface area contributed by atoms with E-state index in [1.54, 1.807) is 0 Å². The van der Waals surface area contributed by atoms with Crippen LogP contribution in [0.4, 0.5) is 0 Å². The third-order valence-electron chi connectivity index (χ3n) is 4.59. The van der Waals surface area contributed by atoms with Crippen LogP contribution in [0.5, 0.6) is 0 Å². The van der Waals surface area contributed by atoms with Crippen LogP contribution in [0.3, 0.4) is 0 Å². The van der Waals surface area contributed by atoms with E-state index in [1.807, 2.05) is 0 Å². The van der Waals surface area contributed by atoms with Crippen molar-refractivity contribution in [3.8, 4) is 0 Å². The summed E-state index contributed by atoms with van der Waals surface area (Å²) in [5, 5.41) is 3.70. The highest BCUT2D eigenvalue weighted by atomic mass is 15.3. The lowest BCUT2D eigenvalue weighted by atomic mass is 9.70. The summed E-state index contributed by atoms with van der Waals surface area (Å²) in [4.78, 5) is 2.63. The number of piperidine rings is 1. The first kappa shape index (κ1) is 8.93. The van der Waals surface area contributed by atoms with E-state index in [4.69, 9.17) is 0 Å². The van der Waals surface area contributed by atoms with Gasteiger partial charge in [0.15, 0.2) is 0 Å². The minimum absolute atomic E-state index is 0.348. The van der Waals surface area contributed by atoms with Gasteiger partial charge in [0.2, 0.25) is 0 Å². The molecule has 0 radical (unpaired) electrons. The average Bonchev–Trinajstić information content (AvgIpc) is 2.82. The molecule has 0 aliphatic carbocycles. The van der Waals surface area contributed by atoms with Gasteiger partial charge in [-0.15, -0.1) is 6.58 Å². The van der Waals surface area contributed by atoms with Crippen molar-refractivity contribution >= 4 is 0 Å². The third-order valence-corrected chi connectivity index (χ3v) is 4.59. The predicted octanol–water partition coefficient (Wildman–Crippen LogP) is 1.39. The van der Waals surface area contributed by atoms with Gasteiger partial charge in [0.1, 0.15) is 0 Å². The topological polar surface area (TPSA) is 15.3 Å². The van der Waals surface area contributed by atoms with Gasteiger partial charge in [-0.25, -0.2) is 0 Å². The van der Waals surface area contributed by atoms with Gasteiger partial charge < -0.3 is 5.32 Å². The highest BCUT2D eigenvalue weighted by Gasteiger charge is 2.59. The zero-order valence-corrected chi connectivity index (χ0v) is 8.84. The predicted molar refractivity (Wildman–Crippen MR) is 58.2 cm³/mol. The molecule has 0 amide bonds. The fourth-order valence-corrected chi connectivity index (χ4v) is 3.82. The molecule has 4 fully saturated rings. The van der Waals surface area contributed by atoms with Gasteiger partial charge in [-0.3, -0.25) is 4.90 Å². The van der Waals surface area contributed by atoms with Gasteiger partial charge in [0.25, 0.3) is 0 Å². The van der Waals surface area contributed by atoms with Gasteiger partial charge in [-0.1, -0.05) is 12.5 Å². The van der Waals surface area contributed by atoms with Crippen molar-refractivity contribution in [2.45, 2.75) is 37.3 Å². The lowest BCUT2D eigenvalue weighted by molar-refractivity contribution is -0.00688. The number of hydrogen-bond acceptors (Lipinski definition) is 2. The van der Waals surface area contributed by atoms with Gasteiger partial charge in [0, 0.05) is 12.6 Å². The van der Waals surface area contributed by atoms with Crippen molar-refractivity contribution in [3.63, 3.8) is 0 Å². The quantitative estimate of drug-likeness (QED) is 0.665. The Bertz CT molecular complexity index is 229. The zero-order valence-electron chi connectivity index (χ0n) is 8.84. The lowest BCUT2D eigenvalue weighted by Crippen LogP contribution is -2.69. The first-order valence-electron chi connectivity index (χ1n) is 6.00. The fourth-order valence-electron chi connectivity index (χ4n) is 3.82. The summed E-state index contributed by atoms with van der Waals surface area (Å²) in [5.74, 6) is 0.899. The maximum absolute atomic E-state index is 4.09. The molecule has 2 nitrogen and oxygen atoms in total. The van der Waals surface area contributed by atoms with Gasteiger partial charge in [-0.2, -0.15) is 0 Å². The van der Waals surface area contributed by atoms with E-state index in [1.165, 1.54) is 45.3 Å². The van der Waals surface area contributed by atoms with Crippen LogP contribution in [0.25, 0.3) is 0 Å². The molecule has 0 spiro atoms. The molecule has 2 bridgehead atoms. The standard InChI is InChI=1S/C12H20N2/c1-2-12(10-6-8-14(12)9-10)11-5-3-4-7-13-11/h2,10-11,13H,1,3-9H2. The molecular formula is C12H20N2. The van der Waals surface area contributed by atoms with Crippen molar-refractivity contribution in [2.24, 2.45) is 5.92 Å². The molecule has 4 heterocycles. The molecule has 0 aromatic heterocycles. The first-order valence-corrected chi connectivity index (χ1v) is 6.00. The minimum Gasteiger partial charge on any atom is -0.312 e. The summed E-state index contributed by atoms with van der Waals surface area (Å²) in [5.41, 5.74) is 0.348. The highest BCUT2D eigenvalue weighted by molar-refractivity contribution is 5.25. The van der Waals surface area contributed by atoms with Crippen molar-refractivity contribution in [3.05, 3.63) is 12.7 Å². The second-order valence-electron chi connectivity index (χ2n) is 5.03. The van der Waals surface area contributed by atoms with Crippen LogP contribution in [0, 0.1) is 5.92 Å². The Hall–Kier alpha value is -0.340. The Morgan fingerprint density at radius 3 is 2.79 bits per heavy atom. The van der Waals surface area contributed by atoms with E-state index in [9.17, 15) is 0 Å². The van der Waals surface area contributed by atoms with E-state index >= 15 is 0 Å². The SMILES string of the molecule is C=CC1(C2CCCCN2)C2CCN1C2. The molecule has 4 atom stereocenters. The molecule has 4 aliphatic heterocycles. The normalized spacial score (nSPS) is 51.3. The number of rotatable bonds is 2. The molecule has 2 heteroatoms. The Morgan fingerprint density at radius 1 is 1.36 bits per heavy atom. The van der Waals surface area contributed by atoms with Gasteiger partial charge >= 0.3 is 0 Å². The summed E-state index contributed by atoms with van der Waals surface area (Å²) < 4.78 is 0. The molecule has 4 rings (SSSR count). The van der Waals surface area contributed by atoms with Crippen molar-refractivity contribution < 1.29 is 0 Å². The highest BCUT2D eigenvalue weighted by Crippen LogP contribution is 2.49. The molecule has 4 unspecified atom stereocenters. The van der Waals surface area contributed by atoms with E-state index < -0.39 is 0 Å². The van der Waals surface area contributed by atoms with Crippen LogP contribution in [0.15, 0.2) is 12.7 Å². The molecule has 0 saturated carbocycles. The fraction of sp³-hybridized carbons (Fsp3) is 0.833. The van der Waals surface area contributed by atoms with Crippen LogP contribution in [0.1, 0.15) is 25.7 Å². The monoisotopic (exact) mass is 192 g/mol. The smallest absolute Gasteiger partial charge is 0.0583 e. The van der Waals surface area contributed by atoms with Crippen LogP contribution in [-0.2, 0) is 0 Å². The summed E-state index contributed by atoms with van der Waals surface area (Å²) in [6.07, 6.45) is 7.72. The molecule has 14 heavy (non-hydrogen) atoms. The van der Waals surface area contributed by atoms with Crippen LogP contribution in [-0.4, -0.2) is 36.1 Å². The summed E-state index contributed by atoms with van der Waals surface area (Å²) in [7, 11) is 0. The number of hydrogen-bond donors (Lipinski definition) is 1. The molecule has 4 aliphatic rings. The molecule has 4 saturated heterocycles. The van der Waals surface area contributed by atoms with E-state index in [-0.39, 0.29) is 0 Å². The Morgan fingerprint density at radius 2 is 2.29 bits per heavy atom. The summed E-state index contributed by atoms with van der Waals surface area (Å²) in [6.45, 7) is 7.92. The van der Waals surface area contributed by atoms with Crippen molar-refractivity contribution in [1.29, 1.82) is 0 Å². The second-order valence-corrected chi connectivity index (χ2v) is 5.03. The first-order chi connectivity index (χ1) is 6.88. The zero-order chi connectivity index (χ0) is 9.60. The Balaban J connectivity index is 1.83. The molecular weight excluding hydrogens is 172 g/mol. The van der Waals surface area contributed by atoms with Gasteiger partial charge in [0.05, 0.1) is 5.54 Å². The van der Waals surface area contributed by atoms with Crippen molar-refractivity contribution in [1.82, 2.24) is 10.2 Å². The van der Waals surface area contributed by atoms with Crippen molar-refractivity contribution in [2.75, 3.05) is 19.6 Å². The maximum atomic E-state index is 4.09. The second kappa shape index (κ2) is 3.07. The van der Waals surface area contributed by atoms with Crippen LogP contribution >= 0.6 is 0 Å². The van der Waals surface area contributed by atoms with E-state index in [2.05, 4.69) is 22.9 Å². The average molecular weight is 192 g/mol. The minimum atomic E-state index is 0.348. The lowest BCUT2D eigenvalue weighted by Gasteiger charge is -2.56. The van der Waals surface area contributed by atoms with Gasteiger partial charge in [-0.05, 0) is 38.3 Å². The number of nitrogens with one attached hydrogen (secondary N) is 1. The Kier molecular flexibility index (Phi) is 1.96. The molecule has 0 aromatic rings. The number of fused-ring (bicyclic) bond motifs is 1. The molecule has 0 aromatic carbocycles.